The van der Waals surface area contributed by atoms with Gasteiger partial charge in [0.1, 0.15) is 0 Å². The Labute approximate surface area is 181 Å². The molecule has 2 heterocycles. The average molecular weight is 416 g/mol. The minimum atomic E-state index is -0.421. The zero-order chi connectivity index (χ0) is 21.4. The Kier molecular flexibility index (Phi) is 4.90. The van der Waals surface area contributed by atoms with Crippen LogP contribution >= 0.6 is 0 Å². The van der Waals surface area contributed by atoms with Crippen LogP contribution in [0.1, 0.15) is 35.4 Å². The third kappa shape index (κ3) is 3.24. The number of hydrogen-bond donors (Lipinski definition) is 0. The van der Waals surface area contributed by atoms with Gasteiger partial charge in [-0.2, -0.15) is 5.10 Å². The third-order valence-corrected chi connectivity index (χ3v) is 5.80. The van der Waals surface area contributed by atoms with Crippen LogP contribution in [0.3, 0.4) is 0 Å². The first-order chi connectivity index (χ1) is 15.2. The Morgan fingerprint density at radius 1 is 0.839 bits per heavy atom. The monoisotopic (exact) mass is 416 g/mol. The number of nitrogens with zero attached hydrogens (tertiary/aromatic N) is 2. The van der Waals surface area contributed by atoms with Crippen LogP contribution in [0.15, 0.2) is 71.8 Å². The van der Waals surface area contributed by atoms with Gasteiger partial charge in [-0.05, 0) is 29.8 Å². The normalized spacial score (nSPS) is 19.1. The van der Waals surface area contributed by atoms with Gasteiger partial charge < -0.3 is 18.9 Å². The number of benzene rings is 3. The standard InChI is InChI=1S/C25H24N2O4/c1-28-21-13-12-17(14-23(21)30-3)25-27-20(15-19(26-27)16-8-5-4-6-9-16)18-10-7-11-22(29-2)24(18)31-25/h4-14,20,25H,15H2,1-3H3/t20-,25-/m0/s1. The lowest BCUT2D eigenvalue weighted by Crippen LogP contribution is -2.33. The predicted octanol–water partition coefficient (Wildman–Crippen LogP) is 4.95. The molecule has 31 heavy (non-hydrogen) atoms. The van der Waals surface area contributed by atoms with Gasteiger partial charge in [0.25, 0.3) is 0 Å². The van der Waals surface area contributed by atoms with E-state index in [1.807, 2.05) is 53.5 Å². The summed E-state index contributed by atoms with van der Waals surface area (Å²) in [5, 5.41) is 7.05. The number of ether oxygens (including phenoxy) is 4. The highest BCUT2D eigenvalue weighted by atomic mass is 16.5. The molecule has 0 fully saturated rings. The van der Waals surface area contributed by atoms with Crippen LogP contribution in [-0.2, 0) is 0 Å². The van der Waals surface area contributed by atoms with Crippen molar-refractivity contribution >= 4 is 5.71 Å². The number of hydrogen-bond acceptors (Lipinski definition) is 6. The fourth-order valence-corrected chi connectivity index (χ4v) is 4.28. The molecule has 0 saturated carbocycles. The number of methoxy groups -OCH3 is 3. The zero-order valence-corrected chi connectivity index (χ0v) is 17.7. The van der Waals surface area contributed by atoms with Crippen molar-refractivity contribution in [1.82, 2.24) is 5.01 Å². The highest BCUT2D eigenvalue weighted by molar-refractivity contribution is 6.01. The Hall–Kier alpha value is -3.67. The smallest absolute Gasteiger partial charge is 0.214 e. The molecule has 5 rings (SSSR count). The summed E-state index contributed by atoms with van der Waals surface area (Å²) < 4.78 is 23.1. The van der Waals surface area contributed by atoms with E-state index in [1.54, 1.807) is 21.3 Å². The minimum Gasteiger partial charge on any atom is -0.493 e. The van der Waals surface area contributed by atoms with Crippen LogP contribution in [0.2, 0.25) is 0 Å². The number of para-hydroxylation sites is 1. The van der Waals surface area contributed by atoms with Gasteiger partial charge in [0.2, 0.25) is 6.23 Å². The summed E-state index contributed by atoms with van der Waals surface area (Å²) >= 11 is 0. The van der Waals surface area contributed by atoms with Crippen molar-refractivity contribution in [3.8, 4) is 23.0 Å². The molecule has 0 unspecified atom stereocenters. The van der Waals surface area contributed by atoms with Crippen molar-refractivity contribution in [3.63, 3.8) is 0 Å². The SMILES string of the molecule is COc1ccc([C@@H]2Oc3c(OC)cccc3[C@@H]3CC(c4ccccc4)=NN32)cc1OC. The highest BCUT2D eigenvalue weighted by Crippen LogP contribution is 2.51. The van der Waals surface area contributed by atoms with Crippen LogP contribution in [0, 0.1) is 0 Å². The molecular formula is C25H24N2O4. The second-order valence-corrected chi connectivity index (χ2v) is 7.48. The highest BCUT2D eigenvalue weighted by Gasteiger charge is 2.42. The average Bonchev–Trinajstić information content (AvgIpc) is 3.29. The summed E-state index contributed by atoms with van der Waals surface area (Å²) in [5.41, 5.74) is 4.16. The largest absolute Gasteiger partial charge is 0.493 e. The van der Waals surface area contributed by atoms with E-state index in [0.29, 0.717) is 11.5 Å². The maximum absolute atomic E-state index is 6.51. The van der Waals surface area contributed by atoms with E-state index in [1.165, 1.54) is 0 Å². The van der Waals surface area contributed by atoms with Crippen molar-refractivity contribution < 1.29 is 18.9 Å². The molecule has 2 atom stereocenters. The fraction of sp³-hybridized carbons (Fsp3) is 0.240. The molecule has 3 aromatic rings. The van der Waals surface area contributed by atoms with E-state index in [2.05, 4.69) is 18.2 Å². The van der Waals surface area contributed by atoms with E-state index in [9.17, 15) is 0 Å². The molecule has 6 heteroatoms. The van der Waals surface area contributed by atoms with Crippen LogP contribution in [0.4, 0.5) is 0 Å². The number of fused-ring (bicyclic) bond motifs is 3. The zero-order valence-electron chi connectivity index (χ0n) is 17.7. The molecule has 0 amide bonds. The van der Waals surface area contributed by atoms with Crippen molar-refractivity contribution in [3.05, 3.63) is 83.4 Å². The van der Waals surface area contributed by atoms with E-state index in [-0.39, 0.29) is 6.04 Å². The van der Waals surface area contributed by atoms with Crippen molar-refractivity contribution in [1.29, 1.82) is 0 Å². The Morgan fingerprint density at radius 3 is 2.35 bits per heavy atom. The van der Waals surface area contributed by atoms with Crippen molar-refractivity contribution in [2.24, 2.45) is 5.10 Å². The van der Waals surface area contributed by atoms with Crippen LogP contribution in [0.5, 0.6) is 23.0 Å². The second kappa shape index (κ2) is 7.87. The van der Waals surface area contributed by atoms with Crippen molar-refractivity contribution in [2.45, 2.75) is 18.7 Å². The van der Waals surface area contributed by atoms with Crippen molar-refractivity contribution in [2.75, 3.05) is 21.3 Å². The van der Waals surface area contributed by atoms with E-state index >= 15 is 0 Å². The lowest BCUT2D eigenvalue weighted by atomic mass is 9.95. The van der Waals surface area contributed by atoms with E-state index in [0.717, 1.165) is 40.3 Å². The molecule has 0 aliphatic carbocycles. The summed E-state index contributed by atoms with van der Waals surface area (Å²) in [5.74, 6) is 2.80. The number of rotatable bonds is 5. The summed E-state index contributed by atoms with van der Waals surface area (Å²) in [6, 6.07) is 22.1. The summed E-state index contributed by atoms with van der Waals surface area (Å²) in [6.45, 7) is 0. The fourth-order valence-electron chi connectivity index (χ4n) is 4.28. The molecule has 6 nitrogen and oxygen atoms in total. The Morgan fingerprint density at radius 2 is 1.61 bits per heavy atom. The molecule has 0 saturated heterocycles. The van der Waals surface area contributed by atoms with Crippen LogP contribution in [0.25, 0.3) is 0 Å². The van der Waals surface area contributed by atoms with Gasteiger partial charge in [0.05, 0.1) is 33.1 Å². The molecule has 0 aromatic heterocycles. The van der Waals surface area contributed by atoms with E-state index in [4.69, 9.17) is 24.0 Å². The quantitative estimate of drug-likeness (QED) is 0.589. The molecule has 3 aromatic carbocycles. The van der Waals surface area contributed by atoms with Gasteiger partial charge in [-0.3, -0.25) is 0 Å². The lowest BCUT2D eigenvalue weighted by molar-refractivity contribution is -0.0210. The molecule has 158 valence electrons. The van der Waals surface area contributed by atoms with Crippen LogP contribution < -0.4 is 18.9 Å². The first kappa shape index (κ1) is 19.3. The van der Waals surface area contributed by atoms with E-state index < -0.39 is 6.23 Å². The Balaban J connectivity index is 1.62. The van der Waals surface area contributed by atoms with Crippen LogP contribution in [-0.4, -0.2) is 32.0 Å². The summed E-state index contributed by atoms with van der Waals surface area (Å²) in [4.78, 5) is 0. The maximum atomic E-state index is 6.51. The van der Waals surface area contributed by atoms with Gasteiger partial charge in [-0.1, -0.05) is 42.5 Å². The molecule has 0 N–H and O–H groups in total. The van der Waals surface area contributed by atoms with Gasteiger partial charge in [-0.25, -0.2) is 5.01 Å². The van der Waals surface area contributed by atoms with Gasteiger partial charge in [0.15, 0.2) is 23.0 Å². The third-order valence-electron chi connectivity index (χ3n) is 5.80. The summed E-state index contributed by atoms with van der Waals surface area (Å²) in [7, 11) is 4.92. The molecular weight excluding hydrogens is 392 g/mol. The maximum Gasteiger partial charge on any atom is 0.214 e. The number of hydrazone groups is 1. The molecule has 0 spiro atoms. The molecule has 0 bridgehead atoms. The Bertz CT molecular complexity index is 1130. The van der Waals surface area contributed by atoms with Gasteiger partial charge in [-0.15, -0.1) is 0 Å². The molecule has 2 aliphatic heterocycles. The van der Waals surface area contributed by atoms with Gasteiger partial charge >= 0.3 is 0 Å². The topological polar surface area (TPSA) is 52.5 Å². The first-order valence-corrected chi connectivity index (χ1v) is 10.2. The first-order valence-electron chi connectivity index (χ1n) is 10.2. The lowest BCUT2D eigenvalue weighted by Gasteiger charge is -2.38. The molecule has 2 aliphatic rings. The predicted molar refractivity (Wildman–Crippen MR) is 118 cm³/mol. The minimum absolute atomic E-state index is 0.0483. The summed E-state index contributed by atoms with van der Waals surface area (Å²) in [6.07, 6.45) is 0.368. The van der Waals surface area contributed by atoms with Gasteiger partial charge in [0, 0.05) is 17.5 Å². The second-order valence-electron chi connectivity index (χ2n) is 7.48. The molecule has 0 radical (unpaired) electrons.